The number of hydrogen-bond donors (Lipinski definition) is 3. The minimum Gasteiger partial charge on any atom is -0.454 e. The molecule has 2 aromatic carbocycles. The van der Waals surface area contributed by atoms with Crippen LogP contribution in [-0.2, 0) is 4.79 Å². The molecular weight excluding hydrogens is 362 g/mol. The Bertz CT molecular complexity index is 880. The van der Waals surface area contributed by atoms with Gasteiger partial charge in [-0.1, -0.05) is 6.92 Å². The molecule has 1 aliphatic heterocycles. The lowest BCUT2D eigenvalue weighted by atomic mass is 10.1. The van der Waals surface area contributed by atoms with Gasteiger partial charge in [-0.15, -0.1) is 0 Å². The zero-order valence-electron chi connectivity index (χ0n) is 15.4. The first kappa shape index (κ1) is 19.2. The molecule has 0 unspecified atom stereocenters. The van der Waals surface area contributed by atoms with E-state index in [0.29, 0.717) is 47.8 Å². The molecule has 0 radical (unpaired) electrons. The van der Waals surface area contributed by atoms with E-state index < -0.39 is 0 Å². The summed E-state index contributed by atoms with van der Waals surface area (Å²) in [7, 11) is 0. The summed E-state index contributed by atoms with van der Waals surface area (Å²) >= 11 is 0. The van der Waals surface area contributed by atoms with E-state index in [2.05, 4.69) is 16.0 Å². The van der Waals surface area contributed by atoms with Gasteiger partial charge in [-0.3, -0.25) is 14.4 Å². The van der Waals surface area contributed by atoms with Crippen LogP contribution in [0.3, 0.4) is 0 Å². The van der Waals surface area contributed by atoms with Crippen LogP contribution in [0.2, 0.25) is 0 Å². The van der Waals surface area contributed by atoms with Crippen molar-refractivity contribution >= 4 is 23.4 Å². The number of hydrogen-bond acceptors (Lipinski definition) is 5. The van der Waals surface area contributed by atoms with Gasteiger partial charge in [0.2, 0.25) is 12.7 Å². The molecule has 3 amide bonds. The van der Waals surface area contributed by atoms with Crippen LogP contribution in [-0.4, -0.2) is 37.6 Å². The van der Waals surface area contributed by atoms with Crippen LogP contribution in [0.5, 0.6) is 11.5 Å². The van der Waals surface area contributed by atoms with Crippen LogP contribution in [0.15, 0.2) is 42.5 Å². The lowest BCUT2D eigenvalue weighted by Crippen LogP contribution is -2.34. The van der Waals surface area contributed by atoms with Gasteiger partial charge >= 0.3 is 0 Å². The highest BCUT2D eigenvalue weighted by atomic mass is 16.7. The van der Waals surface area contributed by atoms with Gasteiger partial charge in [0, 0.05) is 36.3 Å². The Kier molecular flexibility index (Phi) is 6.11. The number of carbonyl (C=O) groups excluding carboxylic acids is 3. The first-order chi connectivity index (χ1) is 13.6. The molecule has 1 aliphatic rings. The zero-order valence-corrected chi connectivity index (χ0v) is 15.4. The van der Waals surface area contributed by atoms with Gasteiger partial charge in [0.1, 0.15) is 0 Å². The van der Waals surface area contributed by atoms with Crippen molar-refractivity contribution < 1.29 is 23.9 Å². The molecule has 8 nitrogen and oxygen atoms in total. The van der Waals surface area contributed by atoms with Crippen molar-refractivity contribution in [1.29, 1.82) is 0 Å². The predicted octanol–water partition coefficient (Wildman–Crippen LogP) is 1.92. The van der Waals surface area contributed by atoms with E-state index in [1.54, 1.807) is 49.4 Å². The molecule has 0 fully saturated rings. The topological polar surface area (TPSA) is 106 Å². The van der Waals surface area contributed by atoms with Crippen molar-refractivity contribution in [3.05, 3.63) is 53.6 Å². The normalized spacial score (nSPS) is 11.6. The first-order valence-corrected chi connectivity index (χ1v) is 8.93. The van der Waals surface area contributed by atoms with Crippen molar-refractivity contribution in [2.24, 2.45) is 0 Å². The molecule has 3 rings (SSSR count). The summed E-state index contributed by atoms with van der Waals surface area (Å²) < 4.78 is 10.5. The molecular formula is C20H21N3O5. The molecule has 1 heterocycles. The second kappa shape index (κ2) is 8.90. The van der Waals surface area contributed by atoms with Crippen LogP contribution in [0.4, 0.5) is 5.69 Å². The van der Waals surface area contributed by atoms with Gasteiger partial charge in [0.05, 0.1) is 0 Å². The molecule has 0 aromatic heterocycles. The highest BCUT2D eigenvalue weighted by Crippen LogP contribution is 2.32. The monoisotopic (exact) mass is 383 g/mol. The van der Waals surface area contributed by atoms with Crippen molar-refractivity contribution in [3.8, 4) is 11.5 Å². The summed E-state index contributed by atoms with van der Waals surface area (Å²) in [5.41, 5.74) is 1.47. The van der Waals surface area contributed by atoms with Gasteiger partial charge in [0.25, 0.3) is 11.8 Å². The van der Waals surface area contributed by atoms with E-state index in [-0.39, 0.29) is 24.5 Å². The number of fused-ring (bicyclic) bond motifs is 1. The van der Waals surface area contributed by atoms with Crippen molar-refractivity contribution in [2.75, 3.05) is 25.2 Å². The summed E-state index contributed by atoms with van der Waals surface area (Å²) in [5.74, 6) is 0.550. The van der Waals surface area contributed by atoms with Gasteiger partial charge in [-0.25, -0.2) is 0 Å². The largest absolute Gasteiger partial charge is 0.454 e. The quantitative estimate of drug-likeness (QED) is 0.634. The number of anilines is 1. The first-order valence-electron chi connectivity index (χ1n) is 8.93. The molecule has 8 heteroatoms. The average Bonchev–Trinajstić information content (AvgIpc) is 3.19. The fourth-order valence-electron chi connectivity index (χ4n) is 2.55. The second-order valence-corrected chi connectivity index (χ2v) is 6.06. The Morgan fingerprint density at radius 2 is 1.54 bits per heavy atom. The van der Waals surface area contributed by atoms with Crippen molar-refractivity contribution in [1.82, 2.24) is 10.6 Å². The van der Waals surface area contributed by atoms with Gasteiger partial charge in [0.15, 0.2) is 11.5 Å². The molecule has 0 saturated heterocycles. The average molecular weight is 383 g/mol. The van der Waals surface area contributed by atoms with E-state index in [9.17, 15) is 14.4 Å². The standard InChI is InChI=1S/C20H21N3O5/c1-2-18(24)21-9-10-22-19(25)13-3-6-15(7-4-13)23-20(26)14-5-8-16-17(11-14)28-12-27-16/h3-8,11H,2,9-10,12H2,1H3,(H,21,24)(H,22,25)(H,23,26). The number of nitrogens with one attached hydrogen (secondary N) is 3. The molecule has 0 aliphatic carbocycles. The third kappa shape index (κ3) is 4.79. The molecule has 0 atom stereocenters. The third-order valence-electron chi connectivity index (χ3n) is 4.09. The SMILES string of the molecule is CCC(=O)NCCNC(=O)c1ccc(NC(=O)c2ccc3c(c2)OCO3)cc1. The van der Waals surface area contributed by atoms with E-state index in [1.165, 1.54) is 0 Å². The highest BCUT2D eigenvalue weighted by molar-refractivity contribution is 6.05. The zero-order chi connectivity index (χ0) is 19.9. The van der Waals surface area contributed by atoms with Crippen molar-refractivity contribution in [3.63, 3.8) is 0 Å². The number of rotatable bonds is 7. The molecule has 3 N–H and O–H groups in total. The molecule has 28 heavy (non-hydrogen) atoms. The third-order valence-corrected chi connectivity index (χ3v) is 4.09. The van der Waals surface area contributed by atoms with Gasteiger partial charge in [-0.2, -0.15) is 0 Å². The highest BCUT2D eigenvalue weighted by Gasteiger charge is 2.16. The Morgan fingerprint density at radius 1 is 0.857 bits per heavy atom. The van der Waals surface area contributed by atoms with Gasteiger partial charge < -0.3 is 25.4 Å². The Morgan fingerprint density at radius 3 is 2.29 bits per heavy atom. The fraction of sp³-hybridized carbons (Fsp3) is 0.250. The maximum Gasteiger partial charge on any atom is 0.255 e. The number of carbonyl (C=O) groups is 3. The van der Waals surface area contributed by atoms with Gasteiger partial charge in [-0.05, 0) is 42.5 Å². The van der Waals surface area contributed by atoms with E-state index in [0.717, 1.165) is 0 Å². The van der Waals surface area contributed by atoms with E-state index in [4.69, 9.17) is 9.47 Å². The van der Waals surface area contributed by atoms with Crippen LogP contribution >= 0.6 is 0 Å². The number of benzene rings is 2. The molecule has 0 saturated carbocycles. The fourth-order valence-corrected chi connectivity index (χ4v) is 2.55. The maximum absolute atomic E-state index is 12.4. The Labute approximate surface area is 162 Å². The molecule has 0 bridgehead atoms. The second-order valence-electron chi connectivity index (χ2n) is 6.06. The smallest absolute Gasteiger partial charge is 0.255 e. The summed E-state index contributed by atoms with van der Waals surface area (Å²) in [6, 6.07) is 11.5. The lowest BCUT2D eigenvalue weighted by Gasteiger charge is -2.08. The van der Waals surface area contributed by atoms with Crippen LogP contribution in [0, 0.1) is 0 Å². The lowest BCUT2D eigenvalue weighted by molar-refractivity contribution is -0.120. The Hall–Kier alpha value is -3.55. The predicted molar refractivity (Wildman–Crippen MR) is 103 cm³/mol. The minimum absolute atomic E-state index is 0.0585. The Balaban J connectivity index is 1.52. The molecule has 146 valence electrons. The maximum atomic E-state index is 12.4. The minimum atomic E-state index is -0.290. The molecule has 0 spiro atoms. The summed E-state index contributed by atoms with van der Waals surface area (Å²) in [6.07, 6.45) is 0.410. The van der Waals surface area contributed by atoms with Crippen LogP contribution < -0.4 is 25.4 Å². The van der Waals surface area contributed by atoms with Crippen molar-refractivity contribution in [2.45, 2.75) is 13.3 Å². The summed E-state index contributed by atoms with van der Waals surface area (Å²) in [5, 5.41) is 8.18. The summed E-state index contributed by atoms with van der Waals surface area (Å²) in [4.78, 5) is 35.6. The number of amides is 3. The van der Waals surface area contributed by atoms with Crippen LogP contribution in [0.1, 0.15) is 34.1 Å². The van der Waals surface area contributed by atoms with Crippen LogP contribution in [0.25, 0.3) is 0 Å². The number of ether oxygens (including phenoxy) is 2. The van der Waals surface area contributed by atoms with E-state index >= 15 is 0 Å². The van der Waals surface area contributed by atoms with E-state index in [1.807, 2.05) is 0 Å². The summed E-state index contributed by atoms with van der Waals surface area (Å²) in [6.45, 7) is 2.63. The molecule has 2 aromatic rings.